The van der Waals surface area contributed by atoms with E-state index in [-0.39, 0.29) is 0 Å². The summed E-state index contributed by atoms with van der Waals surface area (Å²) in [5.74, 6) is -0.117. The lowest BCUT2D eigenvalue weighted by atomic mass is 9.92. The monoisotopic (exact) mass is 265 g/mol. The number of carboxylic acids is 1. The van der Waals surface area contributed by atoms with E-state index in [1.165, 1.54) is 0 Å². The van der Waals surface area contributed by atoms with Crippen molar-refractivity contribution < 1.29 is 14.6 Å². The molecule has 0 amide bonds. The summed E-state index contributed by atoms with van der Waals surface area (Å²) in [5.41, 5.74) is 6.99. The molecule has 0 saturated carbocycles. The normalized spacial score (nSPS) is 13.9. The van der Waals surface area contributed by atoms with Crippen molar-refractivity contribution in [3.8, 4) is 5.75 Å². The predicted molar refractivity (Wildman–Crippen MR) is 75.5 cm³/mol. The number of benzene rings is 1. The molecule has 106 valence electrons. The van der Waals surface area contributed by atoms with Crippen molar-refractivity contribution >= 4 is 5.97 Å². The van der Waals surface area contributed by atoms with Gasteiger partial charge in [-0.1, -0.05) is 13.0 Å². The molecule has 1 aromatic rings. The topological polar surface area (TPSA) is 72.5 Å². The first kappa shape index (κ1) is 15.5. The molecule has 1 unspecified atom stereocenters. The third kappa shape index (κ3) is 4.56. The van der Waals surface area contributed by atoms with E-state index in [9.17, 15) is 4.79 Å². The minimum absolute atomic E-state index is 0.420. The highest BCUT2D eigenvalue weighted by Crippen LogP contribution is 2.18. The Kier molecular flexibility index (Phi) is 5.36. The molecule has 0 aliphatic heterocycles. The molecule has 1 rings (SSSR count). The quantitative estimate of drug-likeness (QED) is 0.743. The summed E-state index contributed by atoms with van der Waals surface area (Å²) in [6.07, 6.45) is 1.47. The number of ether oxygens (including phenoxy) is 1. The summed E-state index contributed by atoms with van der Waals surface area (Å²) in [6, 6.07) is 6.03. The van der Waals surface area contributed by atoms with Crippen LogP contribution in [0.15, 0.2) is 18.2 Å². The second-order valence-corrected chi connectivity index (χ2v) is 5.09. The van der Waals surface area contributed by atoms with Crippen LogP contribution in [0.5, 0.6) is 5.75 Å². The van der Waals surface area contributed by atoms with Crippen LogP contribution in [0.4, 0.5) is 0 Å². The summed E-state index contributed by atoms with van der Waals surface area (Å²) in [5, 5.41) is 9.06. The van der Waals surface area contributed by atoms with Gasteiger partial charge in [-0.2, -0.15) is 0 Å². The van der Waals surface area contributed by atoms with E-state index in [4.69, 9.17) is 15.6 Å². The van der Waals surface area contributed by atoms with Gasteiger partial charge in [-0.15, -0.1) is 0 Å². The molecule has 0 aliphatic carbocycles. The van der Waals surface area contributed by atoms with Gasteiger partial charge in [0.15, 0.2) is 0 Å². The number of hydrogen-bond donors (Lipinski definition) is 2. The van der Waals surface area contributed by atoms with Crippen LogP contribution in [0.1, 0.15) is 37.3 Å². The largest absolute Gasteiger partial charge is 0.494 e. The number of carboxylic acid groups (broad SMARTS) is 1. The minimum atomic E-state index is -1.13. The van der Waals surface area contributed by atoms with Gasteiger partial charge in [-0.3, -0.25) is 4.79 Å². The van der Waals surface area contributed by atoms with E-state index in [0.29, 0.717) is 25.9 Å². The lowest BCUT2D eigenvalue weighted by Crippen LogP contribution is -2.47. The van der Waals surface area contributed by atoms with Gasteiger partial charge >= 0.3 is 5.97 Å². The molecule has 3 N–H and O–H groups in total. The Morgan fingerprint density at radius 2 is 1.89 bits per heavy atom. The maximum atomic E-state index is 11.0. The Balaban J connectivity index is 2.44. The highest BCUT2D eigenvalue weighted by molar-refractivity contribution is 5.78. The van der Waals surface area contributed by atoms with Crippen molar-refractivity contribution in [1.29, 1.82) is 0 Å². The second-order valence-electron chi connectivity index (χ2n) is 5.09. The van der Waals surface area contributed by atoms with E-state index >= 15 is 0 Å². The first-order valence-corrected chi connectivity index (χ1v) is 6.61. The molecular formula is C15H23NO3. The summed E-state index contributed by atoms with van der Waals surface area (Å²) >= 11 is 0. The molecule has 1 aromatic carbocycles. The summed E-state index contributed by atoms with van der Waals surface area (Å²) in [4.78, 5) is 11.0. The lowest BCUT2D eigenvalue weighted by molar-refractivity contribution is -0.143. The van der Waals surface area contributed by atoms with Gasteiger partial charge in [-0.05, 0) is 56.4 Å². The fourth-order valence-corrected chi connectivity index (χ4v) is 2.03. The molecule has 0 saturated heterocycles. The Bertz CT molecular complexity index is 425. The first-order chi connectivity index (χ1) is 8.87. The van der Waals surface area contributed by atoms with Crippen LogP contribution in [-0.4, -0.2) is 23.2 Å². The van der Waals surface area contributed by atoms with Gasteiger partial charge in [0, 0.05) is 0 Å². The fraction of sp³-hybridized carbons (Fsp3) is 0.533. The molecule has 0 heterocycles. The fourth-order valence-electron chi connectivity index (χ4n) is 2.03. The molecule has 0 aliphatic rings. The van der Waals surface area contributed by atoms with E-state index < -0.39 is 11.5 Å². The SMILES string of the molecule is CCC(N)(CCCOc1cc(C)cc(C)c1)C(=O)O. The molecule has 0 fully saturated rings. The molecular weight excluding hydrogens is 242 g/mol. The summed E-state index contributed by atoms with van der Waals surface area (Å²) < 4.78 is 5.64. The van der Waals surface area contributed by atoms with Crippen molar-refractivity contribution in [3.63, 3.8) is 0 Å². The zero-order valence-corrected chi connectivity index (χ0v) is 11.9. The number of hydrogen-bond acceptors (Lipinski definition) is 3. The Morgan fingerprint density at radius 1 is 1.32 bits per heavy atom. The van der Waals surface area contributed by atoms with Crippen molar-refractivity contribution in [2.24, 2.45) is 5.73 Å². The number of aryl methyl sites for hydroxylation is 2. The third-order valence-corrected chi connectivity index (χ3v) is 3.29. The van der Waals surface area contributed by atoms with Crippen molar-refractivity contribution in [2.45, 2.75) is 45.6 Å². The number of aliphatic carboxylic acids is 1. The van der Waals surface area contributed by atoms with Gasteiger partial charge in [0.25, 0.3) is 0 Å². The smallest absolute Gasteiger partial charge is 0.323 e. The van der Waals surface area contributed by atoms with Crippen molar-refractivity contribution in [3.05, 3.63) is 29.3 Å². The first-order valence-electron chi connectivity index (χ1n) is 6.61. The number of carbonyl (C=O) groups is 1. The van der Waals surface area contributed by atoms with Crippen LogP contribution in [0.2, 0.25) is 0 Å². The predicted octanol–water partition coefficient (Wildman–Crippen LogP) is 2.65. The van der Waals surface area contributed by atoms with Crippen LogP contribution in [0, 0.1) is 13.8 Å². The molecule has 4 nitrogen and oxygen atoms in total. The van der Waals surface area contributed by atoms with Crippen molar-refractivity contribution in [1.82, 2.24) is 0 Å². The molecule has 19 heavy (non-hydrogen) atoms. The van der Waals surface area contributed by atoms with Crippen molar-refractivity contribution in [2.75, 3.05) is 6.61 Å². The third-order valence-electron chi connectivity index (χ3n) is 3.29. The maximum absolute atomic E-state index is 11.0. The van der Waals surface area contributed by atoms with Crippen LogP contribution < -0.4 is 10.5 Å². The van der Waals surface area contributed by atoms with E-state index in [0.717, 1.165) is 16.9 Å². The molecule has 0 spiro atoms. The second kappa shape index (κ2) is 6.57. The van der Waals surface area contributed by atoms with Crippen LogP contribution in [-0.2, 0) is 4.79 Å². The van der Waals surface area contributed by atoms with Crippen LogP contribution in [0.25, 0.3) is 0 Å². The Morgan fingerprint density at radius 3 is 2.37 bits per heavy atom. The Hall–Kier alpha value is -1.55. The van der Waals surface area contributed by atoms with Crippen LogP contribution >= 0.6 is 0 Å². The van der Waals surface area contributed by atoms with Gasteiger partial charge in [0.2, 0.25) is 0 Å². The summed E-state index contributed by atoms with van der Waals surface area (Å²) in [6.45, 7) is 6.31. The highest BCUT2D eigenvalue weighted by atomic mass is 16.5. The number of nitrogens with two attached hydrogens (primary N) is 1. The zero-order chi connectivity index (χ0) is 14.5. The van der Waals surface area contributed by atoms with Gasteiger partial charge in [-0.25, -0.2) is 0 Å². The van der Waals surface area contributed by atoms with Gasteiger partial charge in [0.05, 0.1) is 6.61 Å². The standard InChI is InChI=1S/C15H23NO3/c1-4-15(16,14(17)18)6-5-7-19-13-9-11(2)8-12(3)10-13/h8-10H,4-7,16H2,1-3H3,(H,17,18). The molecule has 0 aromatic heterocycles. The molecule has 4 heteroatoms. The maximum Gasteiger partial charge on any atom is 0.323 e. The van der Waals surface area contributed by atoms with E-state index in [1.54, 1.807) is 6.92 Å². The van der Waals surface area contributed by atoms with Crippen LogP contribution in [0.3, 0.4) is 0 Å². The average molecular weight is 265 g/mol. The average Bonchev–Trinajstić information content (AvgIpc) is 2.33. The molecule has 0 bridgehead atoms. The summed E-state index contributed by atoms with van der Waals surface area (Å²) in [7, 11) is 0. The van der Waals surface area contributed by atoms with E-state index in [1.807, 2.05) is 26.0 Å². The molecule has 0 radical (unpaired) electrons. The van der Waals surface area contributed by atoms with Gasteiger partial charge < -0.3 is 15.6 Å². The highest BCUT2D eigenvalue weighted by Gasteiger charge is 2.30. The zero-order valence-electron chi connectivity index (χ0n) is 11.9. The number of rotatable bonds is 7. The van der Waals surface area contributed by atoms with E-state index in [2.05, 4.69) is 6.07 Å². The Labute approximate surface area is 114 Å². The lowest BCUT2D eigenvalue weighted by Gasteiger charge is -2.22. The minimum Gasteiger partial charge on any atom is -0.494 e. The molecule has 1 atom stereocenters. The van der Waals surface area contributed by atoms with Gasteiger partial charge in [0.1, 0.15) is 11.3 Å².